The van der Waals surface area contributed by atoms with E-state index in [2.05, 4.69) is 21.2 Å². The van der Waals surface area contributed by atoms with Crippen molar-refractivity contribution in [3.8, 4) is 0 Å². The van der Waals surface area contributed by atoms with Crippen LogP contribution >= 0.6 is 27.3 Å². The van der Waals surface area contributed by atoms with Crippen molar-refractivity contribution in [2.75, 3.05) is 0 Å². The van der Waals surface area contributed by atoms with E-state index in [4.69, 9.17) is 4.74 Å². The van der Waals surface area contributed by atoms with Crippen molar-refractivity contribution in [3.63, 3.8) is 0 Å². The quantitative estimate of drug-likeness (QED) is 0.922. The molecule has 0 unspecified atom stereocenters. The Kier molecular flexibility index (Phi) is 4.41. The monoisotopic (exact) mass is 277 g/mol. The van der Waals surface area contributed by atoms with E-state index >= 15 is 0 Å². The summed E-state index contributed by atoms with van der Waals surface area (Å²) in [5.41, 5.74) is 0. The van der Waals surface area contributed by atoms with E-state index in [1.807, 2.05) is 25.3 Å². The van der Waals surface area contributed by atoms with Crippen LogP contribution < -0.4 is 5.32 Å². The van der Waals surface area contributed by atoms with Gasteiger partial charge in [-0.05, 0) is 35.8 Å². The number of rotatable bonds is 3. The predicted octanol–water partition coefficient (Wildman–Crippen LogP) is 3.15. The maximum Gasteiger partial charge on any atom is 0.407 e. The molecule has 0 saturated carbocycles. The van der Waals surface area contributed by atoms with Crippen LogP contribution in [0.2, 0.25) is 0 Å². The summed E-state index contributed by atoms with van der Waals surface area (Å²) in [6.45, 7) is 4.16. The molecule has 1 aromatic heterocycles. The van der Waals surface area contributed by atoms with Gasteiger partial charge in [0.25, 0.3) is 0 Å². The molecule has 0 aliphatic heterocycles. The molecule has 14 heavy (non-hydrogen) atoms. The third-order valence-electron chi connectivity index (χ3n) is 1.37. The Hall–Kier alpha value is -0.550. The number of halogens is 1. The van der Waals surface area contributed by atoms with Crippen LogP contribution in [0.5, 0.6) is 0 Å². The molecule has 0 atom stereocenters. The Morgan fingerprint density at radius 3 is 2.93 bits per heavy atom. The largest absolute Gasteiger partial charge is 0.447 e. The molecule has 1 N–H and O–H groups in total. The van der Waals surface area contributed by atoms with Gasteiger partial charge in [0.2, 0.25) is 0 Å². The van der Waals surface area contributed by atoms with Crippen LogP contribution in [0.1, 0.15) is 18.7 Å². The van der Waals surface area contributed by atoms with Gasteiger partial charge in [0.15, 0.2) is 0 Å². The third-order valence-corrected chi connectivity index (χ3v) is 3.07. The second-order valence-corrected chi connectivity index (χ2v) is 4.95. The van der Waals surface area contributed by atoms with Crippen molar-refractivity contribution in [1.29, 1.82) is 0 Å². The first-order valence-electron chi connectivity index (χ1n) is 4.25. The molecular weight excluding hydrogens is 266 g/mol. The number of amides is 1. The van der Waals surface area contributed by atoms with Crippen LogP contribution in [-0.4, -0.2) is 12.2 Å². The molecule has 0 saturated heterocycles. The summed E-state index contributed by atoms with van der Waals surface area (Å²) in [5, 5.41) is 4.65. The Bertz CT molecular complexity index is 312. The number of alkyl carbamates (subject to hydrolysis) is 1. The van der Waals surface area contributed by atoms with E-state index in [0.717, 1.165) is 9.35 Å². The third kappa shape index (κ3) is 4.11. The molecule has 0 aromatic carbocycles. The van der Waals surface area contributed by atoms with E-state index in [0.29, 0.717) is 6.54 Å². The van der Waals surface area contributed by atoms with Gasteiger partial charge in [0.05, 0.1) is 12.6 Å². The van der Waals surface area contributed by atoms with Crippen LogP contribution in [0.25, 0.3) is 0 Å². The molecule has 1 aromatic rings. The summed E-state index contributed by atoms with van der Waals surface area (Å²) in [6, 6.07) is 1.97. The number of carbonyl (C=O) groups is 1. The summed E-state index contributed by atoms with van der Waals surface area (Å²) in [6.07, 6.45) is -0.449. The Morgan fingerprint density at radius 2 is 2.43 bits per heavy atom. The van der Waals surface area contributed by atoms with Crippen molar-refractivity contribution in [3.05, 3.63) is 20.8 Å². The molecule has 0 spiro atoms. The predicted molar refractivity (Wildman–Crippen MR) is 60.5 cm³/mol. The lowest BCUT2D eigenvalue weighted by molar-refractivity contribution is 0.115. The smallest absolute Gasteiger partial charge is 0.407 e. The zero-order valence-corrected chi connectivity index (χ0v) is 10.4. The summed E-state index contributed by atoms with van der Waals surface area (Å²) in [5.74, 6) is 0. The van der Waals surface area contributed by atoms with Gasteiger partial charge in [-0.25, -0.2) is 4.79 Å². The number of carbonyl (C=O) groups excluding carboxylic acids is 1. The maximum atomic E-state index is 11.1. The van der Waals surface area contributed by atoms with Crippen molar-refractivity contribution >= 4 is 33.4 Å². The summed E-state index contributed by atoms with van der Waals surface area (Å²) >= 11 is 4.94. The van der Waals surface area contributed by atoms with Crippen LogP contribution in [0.4, 0.5) is 4.79 Å². The second kappa shape index (κ2) is 5.36. The van der Waals surface area contributed by atoms with Crippen molar-refractivity contribution in [2.24, 2.45) is 0 Å². The number of thiophene rings is 1. The van der Waals surface area contributed by atoms with Gasteiger partial charge in [-0.2, -0.15) is 0 Å². The van der Waals surface area contributed by atoms with Gasteiger partial charge in [-0.1, -0.05) is 0 Å². The van der Waals surface area contributed by atoms with E-state index < -0.39 is 0 Å². The molecule has 1 amide bonds. The average Bonchev–Trinajstić information content (AvgIpc) is 2.47. The van der Waals surface area contributed by atoms with Crippen molar-refractivity contribution < 1.29 is 9.53 Å². The van der Waals surface area contributed by atoms with Gasteiger partial charge in [0, 0.05) is 14.7 Å². The highest BCUT2D eigenvalue weighted by Crippen LogP contribution is 2.19. The average molecular weight is 278 g/mol. The van der Waals surface area contributed by atoms with Gasteiger partial charge in [-0.15, -0.1) is 11.3 Å². The molecule has 0 aliphatic carbocycles. The number of nitrogens with one attached hydrogen (secondary N) is 1. The lowest BCUT2D eigenvalue weighted by Gasteiger charge is -2.08. The standard InChI is InChI=1S/C9H12BrNO2S/c1-6(2)13-9(12)11-4-8-3-7(10)5-14-8/h3,5-6H,4H2,1-2H3,(H,11,12). The van der Waals surface area contributed by atoms with Crippen molar-refractivity contribution in [2.45, 2.75) is 26.5 Å². The Morgan fingerprint density at radius 1 is 1.71 bits per heavy atom. The Balaban J connectivity index is 2.30. The summed E-state index contributed by atoms with van der Waals surface area (Å²) < 4.78 is 5.96. The van der Waals surface area contributed by atoms with Crippen LogP contribution in [0.3, 0.4) is 0 Å². The highest BCUT2D eigenvalue weighted by molar-refractivity contribution is 9.10. The molecular formula is C9H12BrNO2S. The zero-order chi connectivity index (χ0) is 10.6. The number of hydrogen-bond acceptors (Lipinski definition) is 3. The Labute approximate surface area is 95.6 Å². The fourth-order valence-electron chi connectivity index (χ4n) is 0.862. The molecule has 1 heterocycles. The van der Waals surface area contributed by atoms with Gasteiger partial charge >= 0.3 is 6.09 Å². The summed E-state index contributed by atoms with van der Waals surface area (Å²) in [7, 11) is 0. The minimum atomic E-state index is -0.371. The van der Waals surface area contributed by atoms with Gasteiger partial charge in [-0.3, -0.25) is 0 Å². The van der Waals surface area contributed by atoms with Gasteiger partial charge in [0.1, 0.15) is 0 Å². The minimum absolute atomic E-state index is 0.0786. The SMILES string of the molecule is CC(C)OC(=O)NCc1cc(Br)cs1. The first-order valence-corrected chi connectivity index (χ1v) is 5.92. The van der Waals surface area contributed by atoms with E-state index in [9.17, 15) is 4.79 Å². The normalized spacial score (nSPS) is 10.3. The molecule has 0 aliphatic rings. The highest BCUT2D eigenvalue weighted by Gasteiger charge is 2.04. The first kappa shape index (κ1) is 11.5. The van der Waals surface area contributed by atoms with Crippen LogP contribution in [0.15, 0.2) is 15.9 Å². The lowest BCUT2D eigenvalue weighted by atomic mass is 10.5. The fourth-order valence-corrected chi connectivity index (χ4v) is 2.25. The lowest BCUT2D eigenvalue weighted by Crippen LogP contribution is -2.25. The highest BCUT2D eigenvalue weighted by atomic mass is 79.9. The van der Waals surface area contributed by atoms with Gasteiger partial charge < -0.3 is 10.1 Å². The maximum absolute atomic E-state index is 11.1. The molecule has 0 bridgehead atoms. The molecule has 0 radical (unpaired) electrons. The van der Waals surface area contributed by atoms with E-state index in [1.165, 1.54) is 0 Å². The van der Waals surface area contributed by atoms with Crippen LogP contribution in [-0.2, 0) is 11.3 Å². The molecule has 3 nitrogen and oxygen atoms in total. The topological polar surface area (TPSA) is 38.3 Å². The molecule has 5 heteroatoms. The van der Waals surface area contributed by atoms with E-state index in [1.54, 1.807) is 11.3 Å². The first-order chi connectivity index (χ1) is 6.58. The minimum Gasteiger partial charge on any atom is -0.447 e. The molecule has 1 rings (SSSR count). The van der Waals surface area contributed by atoms with Crippen molar-refractivity contribution in [1.82, 2.24) is 5.32 Å². The molecule has 0 fully saturated rings. The number of ether oxygens (including phenoxy) is 1. The van der Waals surface area contributed by atoms with Crippen LogP contribution in [0, 0.1) is 0 Å². The zero-order valence-electron chi connectivity index (χ0n) is 8.04. The molecule has 78 valence electrons. The number of hydrogen-bond donors (Lipinski definition) is 1. The fraction of sp³-hybridized carbons (Fsp3) is 0.444. The summed E-state index contributed by atoms with van der Waals surface area (Å²) in [4.78, 5) is 12.2. The van der Waals surface area contributed by atoms with E-state index in [-0.39, 0.29) is 12.2 Å². The second-order valence-electron chi connectivity index (χ2n) is 3.04.